The standard InChI is InChI=1S/C30H24N2O5/c1-34-23-11-7-6-10-21(23)29(33)32-30-22(17-31)27(19-13-14-24(35-2)26(16-19)36-3)28-20-9-5-4-8-18(20)12-15-25(28)37-30/h4-16,27H,1-3H3,(H,32,33). The Kier molecular flexibility index (Phi) is 6.40. The molecule has 0 aromatic heterocycles. The van der Waals surface area contributed by atoms with E-state index in [1.165, 1.54) is 7.11 Å². The first-order valence-corrected chi connectivity index (χ1v) is 11.6. The first-order chi connectivity index (χ1) is 18.1. The zero-order valence-corrected chi connectivity index (χ0v) is 20.6. The topological polar surface area (TPSA) is 89.8 Å². The average molecular weight is 493 g/mol. The third-order valence-corrected chi connectivity index (χ3v) is 6.40. The van der Waals surface area contributed by atoms with Crippen LogP contribution in [0.2, 0.25) is 0 Å². The minimum atomic E-state index is -0.535. The number of benzene rings is 4. The maximum Gasteiger partial charge on any atom is 0.261 e. The predicted molar refractivity (Wildman–Crippen MR) is 139 cm³/mol. The van der Waals surface area contributed by atoms with Gasteiger partial charge in [-0.1, -0.05) is 48.5 Å². The Labute approximate surface area is 214 Å². The predicted octanol–water partition coefficient (Wildman–Crippen LogP) is 5.56. The highest BCUT2D eigenvalue weighted by Crippen LogP contribution is 2.47. The number of carbonyl (C=O) groups is 1. The smallest absolute Gasteiger partial charge is 0.261 e. The van der Waals surface area contributed by atoms with E-state index in [1.54, 1.807) is 44.6 Å². The van der Waals surface area contributed by atoms with Crippen LogP contribution in [0.4, 0.5) is 0 Å². The lowest BCUT2D eigenvalue weighted by atomic mass is 9.81. The molecule has 0 spiro atoms. The quantitative estimate of drug-likeness (QED) is 0.379. The summed E-state index contributed by atoms with van der Waals surface area (Å²) in [6.45, 7) is 0. The third kappa shape index (κ3) is 4.19. The number of rotatable bonds is 6. The van der Waals surface area contributed by atoms with Gasteiger partial charge in [-0.2, -0.15) is 5.26 Å². The number of nitriles is 1. The molecule has 4 aromatic carbocycles. The second-order valence-corrected chi connectivity index (χ2v) is 8.36. The number of hydrogen-bond acceptors (Lipinski definition) is 6. The van der Waals surface area contributed by atoms with Crippen molar-refractivity contribution in [3.05, 3.63) is 107 Å². The molecule has 184 valence electrons. The van der Waals surface area contributed by atoms with Crippen LogP contribution in [0, 0.1) is 11.3 Å². The number of allylic oxidation sites excluding steroid dienone is 1. The minimum Gasteiger partial charge on any atom is -0.496 e. The summed E-state index contributed by atoms with van der Waals surface area (Å²) in [5.74, 6) is 1.16. The van der Waals surface area contributed by atoms with Gasteiger partial charge in [-0.3, -0.25) is 10.1 Å². The first-order valence-electron chi connectivity index (χ1n) is 11.6. The van der Waals surface area contributed by atoms with Gasteiger partial charge in [0.05, 0.1) is 32.8 Å². The van der Waals surface area contributed by atoms with E-state index >= 15 is 0 Å². The number of nitrogens with zero attached hydrogens (tertiary/aromatic N) is 1. The zero-order chi connectivity index (χ0) is 25.9. The van der Waals surface area contributed by atoms with Gasteiger partial charge < -0.3 is 18.9 Å². The number of carbonyl (C=O) groups excluding carboxylic acids is 1. The van der Waals surface area contributed by atoms with Crippen molar-refractivity contribution in [2.24, 2.45) is 0 Å². The van der Waals surface area contributed by atoms with Crippen molar-refractivity contribution >= 4 is 16.7 Å². The van der Waals surface area contributed by atoms with Gasteiger partial charge in [-0.05, 0) is 46.7 Å². The fourth-order valence-electron chi connectivity index (χ4n) is 4.68. The summed E-state index contributed by atoms with van der Waals surface area (Å²) in [6, 6.07) is 26.4. The molecule has 1 unspecified atom stereocenters. The number of ether oxygens (including phenoxy) is 4. The SMILES string of the molecule is COc1ccc(C2C(C#N)=C(NC(=O)c3ccccc3OC)Oc3ccc4ccccc4c32)cc1OC. The number of para-hydroxylation sites is 1. The summed E-state index contributed by atoms with van der Waals surface area (Å²) < 4.78 is 22.5. The van der Waals surface area contributed by atoms with Crippen molar-refractivity contribution < 1.29 is 23.7 Å². The molecule has 1 amide bonds. The number of amides is 1. The van der Waals surface area contributed by atoms with Gasteiger partial charge in [0, 0.05) is 5.56 Å². The fourth-order valence-corrected chi connectivity index (χ4v) is 4.68. The Balaban J connectivity index is 1.70. The number of hydrogen-bond donors (Lipinski definition) is 1. The van der Waals surface area contributed by atoms with Gasteiger partial charge in [-0.25, -0.2) is 0 Å². The maximum atomic E-state index is 13.3. The molecule has 7 heteroatoms. The van der Waals surface area contributed by atoms with Crippen LogP contribution >= 0.6 is 0 Å². The van der Waals surface area contributed by atoms with Crippen LogP contribution in [0.3, 0.4) is 0 Å². The van der Waals surface area contributed by atoms with Crippen molar-refractivity contribution in [2.45, 2.75) is 5.92 Å². The lowest BCUT2D eigenvalue weighted by Crippen LogP contribution is -2.31. The molecule has 1 aliphatic heterocycles. The van der Waals surface area contributed by atoms with Crippen LogP contribution < -0.4 is 24.3 Å². The van der Waals surface area contributed by atoms with E-state index in [0.29, 0.717) is 28.6 Å². The van der Waals surface area contributed by atoms with Crippen LogP contribution in [0.1, 0.15) is 27.4 Å². The minimum absolute atomic E-state index is 0.0703. The molecule has 5 rings (SSSR count). The second kappa shape index (κ2) is 9.96. The van der Waals surface area contributed by atoms with E-state index in [-0.39, 0.29) is 11.5 Å². The molecule has 1 aliphatic rings. The largest absolute Gasteiger partial charge is 0.496 e. The Morgan fingerprint density at radius 1 is 0.865 bits per heavy atom. The van der Waals surface area contributed by atoms with Crippen LogP contribution in [0.15, 0.2) is 90.3 Å². The van der Waals surface area contributed by atoms with Crippen LogP contribution in [0.5, 0.6) is 23.0 Å². The lowest BCUT2D eigenvalue weighted by Gasteiger charge is -2.29. The number of nitrogens with one attached hydrogen (secondary N) is 1. The highest BCUT2D eigenvalue weighted by molar-refractivity contribution is 5.98. The van der Waals surface area contributed by atoms with Gasteiger partial charge in [0.15, 0.2) is 11.5 Å². The van der Waals surface area contributed by atoms with E-state index in [1.807, 2.05) is 48.5 Å². The van der Waals surface area contributed by atoms with E-state index in [0.717, 1.165) is 21.9 Å². The van der Waals surface area contributed by atoms with E-state index in [2.05, 4.69) is 11.4 Å². The average Bonchev–Trinajstić information content (AvgIpc) is 2.95. The summed E-state index contributed by atoms with van der Waals surface area (Å²) in [5, 5.41) is 15.1. The molecule has 1 N–H and O–H groups in total. The molecule has 37 heavy (non-hydrogen) atoms. The Morgan fingerprint density at radius 3 is 2.35 bits per heavy atom. The highest BCUT2D eigenvalue weighted by atomic mass is 16.5. The van der Waals surface area contributed by atoms with Crippen molar-refractivity contribution in [2.75, 3.05) is 21.3 Å². The highest BCUT2D eigenvalue weighted by Gasteiger charge is 2.34. The first kappa shape index (κ1) is 23.8. The number of methoxy groups -OCH3 is 3. The summed E-state index contributed by atoms with van der Waals surface area (Å²) >= 11 is 0. The summed E-state index contributed by atoms with van der Waals surface area (Å²) in [7, 11) is 4.63. The van der Waals surface area contributed by atoms with Gasteiger partial charge in [0.1, 0.15) is 23.1 Å². The van der Waals surface area contributed by atoms with Crippen LogP contribution in [0.25, 0.3) is 10.8 Å². The number of fused-ring (bicyclic) bond motifs is 3. The molecule has 1 heterocycles. The molecular formula is C30H24N2O5. The van der Waals surface area contributed by atoms with Crippen molar-refractivity contribution in [1.29, 1.82) is 5.26 Å². The summed E-state index contributed by atoms with van der Waals surface area (Å²) in [4.78, 5) is 13.3. The maximum absolute atomic E-state index is 13.3. The van der Waals surface area contributed by atoms with Gasteiger partial charge >= 0.3 is 0 Å². The fraction of sp³-hybridized carbons (Fsp3) is 0.133. The molecule has 1 atom stereocenters. The molecule has 0 saturated heterocycles. The third-order valence-electron chi connectivity index (χ3n) is 6.40. The summed E-state index contributed by atoms with van der Waals surface area (Å²) in [6.07, 6.45) is 0. The van der Waals surface area contributed by atoms with Crippen molar-refractivity contribution in [3.8, 4) is 29.1 Å². The van der Waals surface area contributed by atoms with Gasteiger partial charge in [0.25, 0.3) is 5.91 Å². The van der Waals surface area contributed by atoms with Crippen molar-refractivity contribution in [3.63, 3.8) is 0 Å². The Hall–Kier alpha value is -4.96. The lowest BCUT2D eigenvalue weighted by molar-refractivity contribution is 0.0944. The van der Waals surface area contributed by atoms with Crippen LogP contribution in [-0.2, 0) is 0 Å². The molecule has 7 nitrogen and oxygen atoms in total. The normalized spacial score (nSPS) is 14.3. The van der Waals surface area contributed by atoms with E-state index in [4.69, 9.17) is 18.9 Å². The monoisotopic (exact) mass is 492 g/mol. The molecule has 0 aliphatic carbocycles. The Morgan fingerprint density at radius 2 is 1.59 bits per heavy atom. The van der Waals surface area contributed by atoms with Crippen LogP contribution in [-0.4, -0.2) is 27.2 Å². The molecule has 4 aromatic rings. The summed E-state index contributed by atoms with van der Waals surface area (Å²) in [5.41, 5.74) is 2.21. The zero-order valence-electron chi connectivity index (χ0n) is 20.6. The second-order valence-electron chi connectivity index (χ2n) is 8.36. The molecule has 0 radical (unpaired) electrons. The molecule has 0 fully saturated rings. The van der Waals surface area contributed by atoms with Crippen molar-refractivity contribution in [1.82, 2.24) is 5.32 Å². The van der Waals surface area contributed by atoms with E-state index in [9.17, 15) is 10.1 Å². The Bertz CT molecular complexity index is 1580. The van der Waals surface area contributed by atoms with Gasteiger partial charge in [-0.15, -0.1) is 0 Å². The molecule has 0 saturated carbocycles. The molecule has 0 bridgehead atoms. The van der Waals surface area contributed by atoms with Gasteiger partial charge in [0.2, 0.25) is 5.88 Å². The molecular weight excluding hydrogens is 468 g/mol. The van der Waals surface area contributed by atoms with E-state index < -0.39 is 11.8 Å².